The molecule has 1 aliphatic carbocycles. The number of nitrogens with zero attached hydrogens (tertiary/aromatic N) is 3. The summed E-state index contributed by atoms with van der Waals surface area (Å²) in [4.78, 5) is 14.9. The van der Waals surface area contributed by atoms with Crippen LogP contribution in [0.5, 0.6) is 0 Å². The summed E-state index contributed by atoms with van der Waals surface area (Å²) in [7, 11) is 0. The van der Waals surface area contributed by atoms with Crippen LogP contribution in [-0.2, 0) is 10.2 Å². The molecule has 4 heteroatoms. The lowest BCUT2D eigenvalue weighted by atomic mass is 9.93. The minimum atomic E-state index is -0.175. The summed E-state index contributed by atoms with van der Waals surface area (Å²) >= 11 is 0. The van der Waals surface area contributed by atoms with Gasteiger partial charge >= 0.3 is 0 Å². The van der Waals surface area contributed by atoms with E-state index in [4.69, 9.17) is 0 Å². The van der Waals surface area contributed by atoms with E-state index in [1.54, 1.807) is 0 Å². The lowest BCUT2D eigenvalue weighted by molar-refractivity contribution is -0.120. The van der Waals surface area contributed by atoms with Gasteiger partial charge in [-0.05, 0) is 48.9 Å². The molecule has 0 radical (unpaired) electrons. The topological polar surface area (TPSA) is 38.1 Å². The molecule has 0 spiro atoms. The van der Waals surface area contributed by atoms with Crippen LogP contribution in [0.1, 0.15) is 63.3 Å². The molecule has 4 rings (SSSR count). The van der Waals surface area contributed by atoms with E-state index in [2.05, 4.69) is 50.1 Å². The highest BCUT2D eigenvalue weighted by Crippen LogP contribution is 2.41. The Morgan fingerprint density at radius 2 is 1.92 bits per heavy atom. The van der Waals surface area contributed by atoms with E-state index >= 15 is 0 Å². The Bertz CT molecular complexity index is 767. The first kappa shape index (κ1) is 15.4. The van der Waals surface area contributed by atoms with Gasteiger partial charge in [0.05, 0.1) is 5.69 Å². The SMILES string of the molecule is CC(C)(C)c1ccn(C2CCN(c3cccc(C4CC4)c3)C2=O)n1. The van der Waals surface area contributed by atoms with Crippen LogP contribution in [0, 0.1) is 0 Å². The molecule has 1 aromatic carbocycles. The van der Waals surface area contributed by atoms with Gasteiger partial charge in [0, 0.05) is 23.8 Å². The lowest BCUT2D eigenvalue weighted by Crippen LogP contribution is -2.28. The zero-order valence-electron chi connectivity index (χ0n) is 14.7. The molecule has 0 bridgehead atoms. The molecule has 1 unspecified atom stereocenters. The fourth-order valence-electron chi connectivity index (χ4n) is 3.44. The average Bonchev–Trinajstić information content (AvgIpc) is 3.14. The van der Waals surface area contributed by atoms with Gasteiger partial charge in [-0.1, -0.05) is 32.9 Å². The highest BCUT2D eigenvalue weighted by molar-refractivity contribution is 5.98. The van der Waals surface area contributed by atoms with Crippen molar-refractivity contribution in [3.8, 4) is 0 Å². The number of hydrogen-bond acceptors (Lipinski definition) is 2. The van der Waals surface area contributed by atoms with Gasteiger partial charge in [0.15, 0.2) is 0 Å². The van der Waals surface area contributed by atoms with Gasteiger partial charge in [0.1, 0.15) is 6.04 Å². The first-order valence-corrected chi connectivity index (χ1v) is 8.90. The van der Waals surface area contributed by atoms with Crippen molar-refractivity contribution in [3.63, 3.8) is 0 Å². The summed E-state index contributed by atoms with van der Waals surface area (Å²) in [6.45, 7) is 7.20. The summed E-state index contributed by atoms with van der Waals surface area (Å²) in [5, 5.41) is 4.67. The summed E-state index contributed by atoms with van der Waals surface area (Å²) < 4.78 is 1.85. The highest BCUT2D eigenvalue weighted by Gasteiger charge is 2.35. The third kappa shape index (κ3) is 2.74. The van der Waals surface area contributed by atoms with Gasteiger partial charge in [-0.2, -0.15) is 5.10 Å². The predicted octanol–water partition coefficient (Wildman–Crippen LogP) is 4.04. The molecule has 24 heavy (non-hydrogen) atoms. The van der Waals surface area contributed by atoms with E-state index in [0.29, 0.717) is 5.92 Å². The van der Waals surface area contributed by atoms with E-state index in [1.165, 1.54) is 18.4 Å². The fraction of sp³-hybridized carbons (Fsp3) is 0.500. The Balaban J connectivity index is 1.56. The van der Waals surface area contributed by atoms with Gasteiger partial charge in [0.2, 0.25) is 0 Å². The molecule has 1 saturated carbocycles. The van der Waals surface area contributed by atoms with Crippen LogP contribution in [-0.4, -0.2) is 22.2 Å². The molecule has 1 aliphatic heterocycles. The number of aromatic nitrogens is 2. The second kappa shape index (κ2) is 5.47. The van der Waals surface area contributed by atoms with Gasteiger partial charge in [-0.15, -0.1) is 0 Å². The van der Waals surface area contributed by atoms with Crippen LogP contribution < -0.4 is 4.90 Å². The predicted molar refractivity (Wildman–Crippen MR) is 95.4 cm³/mol. The second-order valence-electron chi connectivity index (χ2n) is 8.09. The molecule has 1 aromatic heterocycles. The maximum Gasteiger partial charge on any atom is 0.251 e. The summed E-state index contributed by atoms with van der Waals surface area (Å²) in [5.41, 5.74) is 3.45. The fourth-order valence-corrected chi connectivity index (χ4v) is 3.44. The molecule has 0 N–H and O–H groups in total. The Labute approximate surface area is 143 Å². The molecule has 1 amide bonds. The highest BCUT2D eigenvalue weighted by atomic mass is 16.2. The van der Waals surface area contributed by atoms with Crippen LogP contribution in [0.25, 0.3) is 0 Å². The van der Waals surface area contributed by atoms with Crippen molar-refractivity contribution in [2.45, 2.75) is 57.4 Å². The Hall–Kier alpha value is -2.10. The van der Waals surface area contributed by atoms with E-state index in [0.717, 1.165) is 24.3 Å². The number of amides is 1. The Kier molecular flexibility index (Phi) is 3.52. The smallest absolute Gasteiger partial charge is 0.251 e. The molecule has 4 nitrogen and oxygen atoms in total. The lowest BCUT2D eigenvalue weighted by Gasteiger charge is -2.18. The van der Waals surface area contributed by atoms with Gasteiger partial charge in [-0.3, -0.25) is 9.48 Å². The maximum atomic E-state index is 12.9. The average molecular weight is 323 g/mol. The van der Waals surface area contributed by atoms with Crippen LogP contribution in [0.4, 0.5) is 5.69 Å². The third-order valence-electron chi connectivity index (χ3n) is 5.10. The molecule has 1 atom stereocenters. The third-order valence-corrected chi connectivity index (χ3v) is 5.10. The van der Waals surface area contributed by atoms with Crippen molar-refractivity contribution in [2.24, 2.45) is 0 Å². The van der Waals surface area contributed by atoms with Crippen LogP contribution in [0.15, 0.2) is 36.5 Å². The number of rotatable bonds is 3. The number of carbonyl (C=O) groups is 1. The molecule has 2 aliphatic rings. The van der Waals surface area contributed by atoms with Gasteiger partial charge < -0.3 is 4.90 Å². The van der Waals surface area contributed by atoms with E-state index < -0.39 is 0 Å². The van der Waals surface area contributed by atoms with Crippen molar-refractivity contribution in [1.82, 2.24) is 9.78 Å². The quantitative estimate of drug-likeness (QED) is 0.855. The molecular formula is C20H25N3O. The van der Waals surface area contributed by atoms with Crippen molar-refractivity contribution >= 4 is 11.6 Å². The summed E-state index contributed by atoms with van der Waals surface area (Å²) in [5.74, 6) is 0.866. The molecule has 2 fully saturated rings. The monoisotopic (exact) mass is 323 g/mol. The number of benzene rings is 1. The minimum absolute atomic E-state index is 0.00514. The van der Waals surface area contributed by atoms with E-state index in [-0.39, 0.29) is 17.4 Å². The normalized spacial score (nSPS) is 21.5. The van der Waals surface area contributed by atoms with Gasteiger partial charge in [0.25, 0.3) is 5.91 Å². The van der Waals surface area contributed by atoms with E-state index in [9.17, 15) is 4.79 Å². The van der Waals surface area contributed by atoms with Crippen molar-refractivity contribution in [3.05, 3.63) is 47.8 Å². The second-order valence-corrected chi connectivity index (χ2v) is 8.09. The number of anilines is 1. The van der Waals surface area contributed by atoms with E-state index in [1.807, 2.05) is 21.8 Å². The summed E-state index contributed by atoms with van der Waals surface area (Å²) in [6.07, 6.45) is 5.33. The number of hydrogen-bond donors (Lipinski definition) is 0. The number of carbonyl (C=O) groups excluding carboxylic acids is 1. The zero-order chi connectivity index (χ0) is 16.9. The Morgan fingerprint density at radius 1 is 1.12 bits per heavy atom. The van der Waals surface area contributed by atoms with Crippen LogP contribution in [0.3, 0.4) is 0 Å². The standard InChI is InChI=1S/C20H25N3O/c1-20(2,3)18-10-12-23(21-18)17-9-11-22(19(17)24)16-6-4-5-15(13-16)14-7-8-14/h4-6,10,12-14,17H,7-9,11H2,1-3H3. The minimum Gasteiger partial charge on any atom is -0.310 e. The van der Waals surface area contributed by atoms with Crippen molar-refractivity contribution < 1.29 is 4.79 Å². The maximum absolute atomic E-state index is 12.9. The molecule has 2 heterocycles. The van der Waals surface area contributed by atoms with Crippen LogP contribution >= 0.6 is 0 Å². The first-order valence-electron chi connectivity index (χ1n) is 8.90. The zero-order valence-corrected chi connectivity index (χ0v) is 14.7. The molecule has 126 valence electrons. The Morgan fingerprint density at radius 3 is 2.58 bits per heavy atom. The van der Waals surface area contributed by atoms with Gasteiger partial charge in [-0.25, -0.2) is 0 Å². The first-order chi connectivity index (χ1) is 11.4. The van der Waals surface area contributed by atoms with Crippen LogP contribution in [0.2, 0.25) is 0 Å². The summed E-state index contributed by atoms with van der Waals surface area (Å²) in [6, 6.07) is 10.4. The molecule has 1 saturated heterocycles. The van der Waals surface area contributed by atoms with Crippen molar-refractivity contribution in [2.75, 3.05) is 11.4 Å². The molecular weight excluding hydrogens is 298 g/mol. The largest absolute Gasteiger partial charge is 0.310 e. The van der Waals surface area contributed by atoms with Crippen molar-refractivity contribution in [1.29, 1.82) is 0 Å². The molecule has 2 aromatic rings.